The molecule has 0 aliphatic carbocycles. The van der Waals surface area contributed by atoms with Crippen molar-refractivity contribution in [1.29, 1.82) is 0 Å². The highest BCUT2D eigenvalue weighted by Gasteiger charge is 2.29. The highest BCUT2D eigenvalue weighted by molar-refractivity contribution is 6.13. The molecular weight excluding hydrogens is 206 g/mol. The molecule has 4 heteroatoms. The number of carbonyl (C=O) groups is 2. The zero-order chi connectivity index (χ0) is 11.7. The van der Waals surface area contributed by atoms with Crippen molar-refractivity contribution in [3.05, 3.63) is 42.0 Å². The van der Waals surface area contributed by atoms with Gasteiger partial charge in [0.05, 0.1) is 6.04 Å². The van der Waals surface area contributed by atoms with Crippen LogP contribution >= 0.6 is 0 Å². The summed E-state index contributed by atoms with van der Waals surface area (Å²) in [6.07, 6.45) is 2.53. The summed E-state index contributed by atoms with van der Waals surface area (Å²) in [5.41, 5.74) is 0.809. The number of imide groups is 1. The number of phenolic OH excluding ortho intramolecular Hbond substituents is 1. The summed E-state index contributed by atoms with van der Waals surface area (Å²) in [5, 5.41) is 9.15. The van der Waals surface area contributed by atoms with Crippen LogP contribution in [-0.4, -0.2) is 21.8 Å². The predicted molar refractivity (Wildman–Crippen MR) is 57.5 cm³/mol. The second-order valence-corrected chi connectivity index (χ2v) is 3.65. The Labute approximate surface area is 92.8 Å². The number of nitrogens with zero attached hydrogens (tertiary/aromatic N) is 1. The molecule has 0 aromatic heterocycles. The van der Waals surface area contributed by atoms with Crippen LogP contribution in [0.15, 0.2) is 36.4 Å². The number of carbonyl (C=O) groups excluding carboxylic acids is 2. The topological polar surface area (TPSA) is 57.6 Å². The van der Waals surface area contributed by atoms with E-state index < -0.39 is 0 Å². The van der Waals surface area contributed by atoms with Crippen LogP contribution in [0.5, 0.6) is 5.75 Å². The molecule has 0 radical (unpaired) electrons. The van der Waals surface area contributed by atoms with E-state index in [2.05, 4.69) is 0 Å². The number of aromatic hydroxyl groups is 1. The zero-order valence-corrected chi connectivity index (χ0v) is 8.75. The van der Waals surface area contributed by atoms with Crippen molar-refractivity contribution in [3.63, 3.8) is 0 Å². The minimum Gasteiger partial charge on any atom is -0.508 e. The first kappa shape index (κ1) is 10.4. The molecule has 2 amide bonds. The molecule has 2 rings (SSSR count). The molecule has 16 heavy (non-hydrogen) atoms. The van der Waals surface area contributed by atoms with Crippen LogP contribution in [-0.2, 0) is 9.59 Å². The maximum absolute atomic E-state index is 11.4. The average Bonchev–Trinajstić information content (AvgIpc) is 2.59. The second kappa shape index (κ2) is 3.81. The first-order valence-corrected chi connectivity index (χ1v) is 4.94. The third kappa shape index (κ3) is 1.69. The van der Waals surface area contributed by atoms with Gasteiger partial charge in [-0.05, 0) is 24.6 Å². The van der Waals surface area contributed by atoms with Crippen LogP contribution < -0.4 is 0 Å². The van der Waals surface area contributed by atoms with Crippen molar-refractivity contribution in [2.24, 2.45) is 0 Å². The highest BCUT2D eigenvalue weighted by atomic mass is 16.3. The van der Waals surface area contributed by atoms with Crippen LogP contribution in [0.4, 0.5) is 0 Å². The van der Waals surface area contributed by atoms with Crippen LogP contribution in [0.2, 0.25) is 0 Å². The largest absolute Gasteiger partial charge is 0.508 e. The van der Waals surface area contributed by atoms with E-state index in [1.807, 2.05) is 0 Å². The van der Waals surface area contributed by atoms with E-state index in [1.165, 1.54) is 29.2 Å². The SMILES string of the molecule is C[C@H](c1ccc(O)cc1)N1C(=O)C=CC1=O. The molecule has 0 unspecified atom stereocenters. The molecule has 0 fully saturated rings. The van der Waals surface area contributed by atoms with Gasteiger partial charge in [0.2, 0.25) is 0 Å². The summed E-state index contributed by atoms with van der Waals surface area (Å²) in [6, 6.07) is 6.13. The van der Waals surface area contributed by atoms with Crippen molar-refractivity contribution < 1.29 is 14.7 Å². The van der Waals surface area contributed by atoms with Crippen molar-refractivity contribution in [2.45, 2.75) is 13.0 Å². The Balaban J connectivity index is 2.25. The van der Waals surface area contributed by atoms with E-state index in [-0.39, 0.29) is 23.6 Å². The molecule has 1 atom stereocenters. The maximum Gasteiger partial charge on any atom is 0.254 e. The van der Waals surface area contributed by atoms with Gasteiger partial charge in [0.25, 0.3) is 11.8 Å². The standard InChI is InChI=1S/C12H11NO3/c1-8(9-2-4-10(14)5-3-9)13-11(15)6-7-12(13)16/h2-8,14H,1H3/t8-/m1/s1. The summed E-state index contributed by atoms with van der Waals surface area (Å²) >= 11 is 0. The minimum absolute atomic E-state index is 0.160. The Morgan fingerprint density at radius 3 is 2.06 bits per heavy atom. The molecule has 1 aliphatic heterocycles. The van der Waals surface area contributed by atoms with Crippen molar-refractivity contribution in [2.75, 3.05) is 0 Å². The molecule has 0 bridgehead atoms. The van der Waals surface area contributed by atoms with Gasteiger partial charge in [0, 0.05) is 12.2 Å². The number of hydrogen-bond donors (Lipinski definition) is 1. The lowest BCUT2D eigenvalue weighted by Crippen LogP contribution is -2.32. The van der Waals surface area contributed by atoms with Crippen LogP contribution in [0.1, 0.15) is 18.5 Å². The van der Waals surface area contributed by atoms with E-state index in [9.17, 15) is 9.59 Å². The molecule has 1 heterocycles. The van der Waals surface area contributed by atoms with Gasteiger partial charge < -0.3 is 5.11 Å². The molecule has 82 valence electrons. The number of amides is 2. The van der Waals surface area contributed by atoms with Crippen LogP contribution in [0.25, 0.3) is 0 Å². The summed E-state index contributed by atoms with van der Waals surface area (Å²) in [6.45, 7) is 1.77. The Kier molecular flexibility index (Phi) is 2.48. The number of benzene rings is 1. The van der Waals surface area contributed by atoms with Gasteiger partial charge in [0.15, 0.2) is 0 Å². The zero-order valence-electron chi connectivity index (χ0n) is 8.75. The summed E-state index contributed by atoms with van der Waals surface area (Å²) < 4.78 is 0. The van der Waals surface area contributed by atoms with E-state index in [0.717, 1.165) is 5.56 Å². The van der Waals surface area contributed by atoms with Crippen molar-refractivity contribution >= 4 is 11.8 Å². The molecule has 4 nitrogen and oxygen atoms in total. The molecule has 1 aromatic carbocycles. The van der Waals surface area contributed by atoms with E-state index in [4.69, 9.17) is 5.11 Å². The number of phenols is 1. The quantitative estimate of drug-likeness (QED) is 0.761. The lowest BCUT2D eigenvalue weighted by Gasteiger charge is -2.22. The minimum atomic E-state index is -0.324. The Hall–Kier alpha value is -2.10. The first-order chi connectivity index (χ1) is 7.59. The third-order valence-electron chi connectivity index (χ3n) is 2.61. The fourth-order valence-corrected chi connectivity index (χ4v) is 1.70. The van der Waals surface area contributed by atoms with Gasteiger partial charge in [-0.3, -0.25) is 14.5 Å². The van der Waals surface area contributed by atoms with Crippen LogP contribution in [0.3, 0.4) is 0 Å². The van der Waals surface area contributed by atoms with Gasteiger partial charge in [-0.1, -0.05) is 12.1 Å². The average molecular weight is 217 g/mol. The van der Waals surface area contributed by atoms with Gasteiger partial charge >= 0.3 is 0 Å². The third-order valence-corrected chi connectivity index (χ3v) is 2.61. The van der Waals surface area contributed by atoms with E-state index >= 15 is 0 Å². The summed E-state index contributed by atoms with van der Waals surface area (Å²) in [7, 11) is 0. The van der Waals surface area contributed by atoms with E-state index in [1.54, 1.807) is 19.1 Å². The fourth-order valence-electron chi connectivity index (χ4n) is 1.70. The molecule has 1 aliphatic rings. The predicted octanol–water partition coefficient (Wildman–Crippen LogP) is 1.38. The van der Waals surface area contributed by atoms with Gasteiger partial charge in [-0.15, -0.1) is 0 Å². The highest BCUT2D eigenvalue weighted by Crippen LogP contribution is 2.24. The smallest absolute Gasteiger partial charge is 0.254 e. The normalized spacial score (nSPS) is 16.9. The molecule has 1 aromatic rings. The first-order valence-electron chi connectivity index (χ1n) is 4.94. The van der Waals surface area contributed by atoms with E-state index in [0.29, 0.717) is 0 Å². The van der Waals surface area contributed by atoms with Gasteiger partial charge in [-0.2, -0.15) is 0 Å². The Morgan fingerprint density at radius 2 is 1.56 bits per heavy atom. The molecular formula is C12H11NO3. The lowest BCUT2D eigenvalue weighted by atomic mass is 10.1. The monoisotopic (exact) mass is 217 g/mol. The molecule has 1 N–H and O–H groups in total. The number of rotatable bonds is 2. The second-order valence-electron chi connectivity index (χ2n) is 3.65. The van der Waals surface area contributed by atoms with Crippen molar-refractivity contribution in [3.8, 4) is 5.75 Å². The van der Waals surface area contributed by atoms with Crippen LogP contribution in [0, 0.1) is 0 Å². The lowest BCUT2D eigenvalue weighted by molar-refractivity contribution is -0.139. The van der Waals surface area contributed by atoms with Gasteiger partial charge in [-0.25, -0.2) is 0 Å². The van der Waals surface area contributed by atoms with Crippen molar-refractivity contribution in [1.82, 2.24) is 4.90 Å². The van der Waals surface area contributed by atoms with Gasteiger partial charge in [0.1, 0.15) is 5.75 Å². The maximum atomic E-state index is 11.4. The molecule has 0 saturated carbocycles. The molecule has 0 saturated heterocycles. The summed E-state index contributed by atoms with van der Waals surface area (Å²) in [5.74, 6) is -0.440. The Bertz CT molecular complexity index is 444. The summed E-state index contributed by atoms with van der Waals surface area (Å²) in [4.78, 5) is 24.1. The Morgan fingerprint density at radius 1 is 1.06 bits per heavy atom. The fraction of sp³-hybridized carbons (Fsp3) is 0.167. The number of hydrogen-bond acceptors (Lipinski definition) is 3. The molecule has 0 spiro atoms.